The van der Waals surface area contributed by atoms with Gasteiger partial charge in [-0.15, -0.1) is 12.4 Å². The molecular weight excluding hydrogens is 468 g/mol. The molecule has 176 valence electrons. The second-order valence-electron chi connectivity index (χ2n) is 7.28. The number of halogens is 1. The van der Waals surface area contributed by atoms with E-state index in [1.54, 1.807) is 6.07 Å². The van der Waals surface area contributed by atoms with Gasteiger partial charge >= 0.3 is 4.87 Å². The second-order valence-corrected chi connectivity index (χ2v) is 9.49. The van der Waals surface area contributed by atoms with E-state index in [-0.39, 0.29) is 23.0 Å². The quantitative estimate of drug-likeness (QED) is 0.250. The first-order valence-corrected chi connectivity index (χ1v) is 12.5. The van der Waals surface area contributed by atoms with Crippen molar-refractivity contribution in [2.75, 3.05) is 37.8 Å². The van der Waals surface area contributed by atoms with Crippen LogP contribution in [0.5, 0.6) is 5.75 Å². The Labute approximate surface area is 202 Å². The van der Waals surface area contributed by atoms with Gasteiger partial charge in [0.05, 0.1) is 17.4 Å². The fourth-order valence-corrected chi connectivity index (χ4v) is 5.04. The Bertz CT molecular complexity index is 981. The van der Waals surface area contributed by atoms with Gasteiger partial charge in [0.1, 0.15) is 11.3 Å². The molecule has 0 aliphatic rings. The van der Waals surface area contributed by atoms with Crippen molar-refractivity contribution in [3.8, 4) is 5.75 Å². The summed E-state index contributed by atoms with van der Waals surface area (Å²) in [4.78, 5) is 14.0. The zero-order valence-corrected chi connectivity index (χ0v) is 20.4. The Hall–Kier alpha value is -1.55. The number of H-pyrrole nitrogens is 1. The molecule has 0 amide bonds. The molecule has 3 rings (SSSR count). The Morgan fingerprint density at radius 3 is 2.69 bits per heavy atom. The predicted molar refractivity (Wildman–Crippen MR) is 137 cm³/mol. The summed E-state index contributed by atoms with van der Waals surface area (Å²) in [6, 6.07) is 13.6. The lowest BCUT2D eigenvalue weighted by Crippen LogP contribution is -2.23. The Morgan fingerprint density at radius 1 is 1.09 bits per heavy atom. The number of aromatic amines is 1. The first-order valence-electron chi connectivity index (χ1n) is 10.6. The van der Waals surface area contributed by atoms with Gasteiger partial charge in [0.15, 0.2) is 0 Å². The molecular formula is C23H31ClN2O4S2. The topological polar surface area (TPSA) is 94.6 Å². The fraction of sp³-hybridized carbons (Fsp3) is 0.435. The van der Waals surface area contributed by atoms with Crippen LogP contribution in [0.15, 0.2) is 47.3 Å². The SMILES string of the molecule is Cl.O=c1[nH]c2c(O)ccc([C@@H](O)CNCCCSCCCOCCc3ccccc3)c2s1. The third kappa shape index (κ3) is 8.42. The molecule has 0 saturated heterocycles. The minimum atomic E-state index is -0.727. The summed E-state index contributed by atoms with van der Waals surface area (Å²) in [5.74, 6) is 2.18. The number of aliphatic hydroxyl groups excluding tert-OH is 1. The number of benzene rings is 2. The van der Waals surface area contributed by atoms with E-state index in [1.165, 1.54) is 11.6 Å². The van der Waals surface area contributed by atoms with Crippen LogP contribution in [0.2, 0.25) is 0 Å². The van der Waals surface area contributed by atoms with E-state index in [2.05, 4.69) is 34.6 Å². The van der Waals surface area contributed by atoms with Gasteiger partial charge < -0.3 is 25.3 Å². The highest BCUT2D eigenvalue weighted by Gasteiger charge is 2.15. The predicted octanol–water partition coefficient (Wildman–Crippen LogP) is 4.11. The van der Waals surface area contributed by atoms with Gasteiger partial charge in [-0.3, -0.25) is 4.79 Å². The Morgan fingerprint density at radius 2 is 1.88 bits per heavy atom. The number of hydrogen-bond donors (Lipinski definition) is 4. The first kappa shape index (κ1) is 26.7. The van der Waals surface area contributed by atoms with Crippen LogP contribution in [0.4, 0.5) is 0 Å². The number of aliphatic hydroxyl groups is 1. The summed E-state index contributed by atoms with van der Waals surface area (Å²) in [5.41, 5.74) is 2.37. The van der Waals surface area contributed by atoms with Gasteiger partial charge in [-0.1, -0.05) is 47.7 Å². The van der Waals surface area contributed by atoms with Gasteiger partial charge in [0.2, 0.25) is 0 Å². The van der Waals surface area contributed by atoms with Crippen molar-refractivity contribution in [3.63, 3.8) is 0 Å². The number of thioether (sulfide) groups is 1. The van der Waals surface area contributed by atoms with Crippen molar-refractivity contribution in [3.05, 3.63) is 63.3 Å². The average molecular weight is 499 g/mol. The number of hydrogen-bond acceptors (Lipinski definition) is 7. The number of aromatic nitrogens is 1. The summed E-state index contributed by atoms with van der Waals surface area (Å²) in [5, 5.41) is 23.6. The highest BCUT2D eigenvalue weighted by Crippen LogP contribution is 2.31. The number of ether oxygens (including phenoxy) is 1. The maximum Gasteiger partial charge on any atom is 0.305 e. The molecule has 0 aliphatic carbocycles. The monoisotopic (exact) mass is 498 g/mol. The molecule has 9 heteroatoms. The molecule has 0 unspecified atom stereocenters. The smallest absolute Gasteiger partial charge is 0.305 e. The lowest BCUT2D eigenvalue weighted by atomic mass is 10.1. The van der Waals surface area contributed by atoms with E-state index in [1.807, 2.05) is 17.8 Å². The van der Waals surface area contributed by atoms with E-state index in [4.69, 9.17) is 4.74 Å². The molecule has 1 heterocycles. The molecule has 1 aromatic heterocycles. The normalized spacial score (nSPS) is 12.0. The van der Waals surface area contributed by atoms with Crippen molar-refractivity contribution in [2.24, 2.45) is 0 Å². The van der Waals surface area contributed by atoms with Crippen molar-refractivity contribution >= 4 is 45.7 Å². The van der Waals surface area contributed by atoms with Gasteiger partial charge in [-0.2, -0.15) is 11.8 Å². The van der Waals surface area contributed by atoms with Crippen LogP contribution in [0.3, 0.4) is 0 Å². The lowest BCUT2D eigenvalue weighted by molar-refractivity contribution is 0.138. The third-order valence-corrected chi connectivity index (χ3v) is 6.97. The molecule has 0 saturated carbocycles. The summed E-state index contributed by atoms with van der Waals surface area (Å²) in [6.07, 6.45) is 2.32. The summed E-state index contributed by atoms with van der Waals surface area (Å²) >= 11 is 2.93. The minimum Gasteiger partial charge on any atom is -0.506 e. The molecule has 6 nitrogen and oxygen atoms in total. The van der Waals surface area contributed by atoms with Gasteiger partial charge in [-0.25, -0.2) is 0 Å². The zero-order chi connectivity index (χ0) is 21.9. The standard InChI is InChI=1S/C23H30N2O4S2.ClH/c26-19-9-8-18(22-21(19)25-23(28)31-22)20(27)16-24-11-4-14-30-15-5-12-29-13-10-17-6-2-1-3-7-17;/h1-3,6-9,20,24,26-27H,4-5,10-16H2,(H,25,28);1H/t20-;/m0./s1. The van der Waals surface area contributed by atoms with Crippen LogP contribution >= 0.6 is 35.5 Å². The number of thiazole rings is 1. The van der Waals surface area contributed by atoms with E-state index in [0.29, 0.717) is 22.3 Å². The number of fused-ring (bicyclic) bond motifs is 1. The fourth-order valence-electron chi connectivity index (χ4n) is 3.25. The van der Waals surface area contributed by atoms with E-state index in [9.17, 15) is 15.0 Å². The average Bonchev–Trinajstić information content (AvgIpc) is 3.17. The van der Waals surface area contributed by atoms with Crippen molar-refractivity contribution in [1.29, 1.82) is 0 Å². The maximum atomic E-state index is 11.6. The van der Waals surface area contributed by atoms with Crippen LogP contribution in [-0.2, 0) is 11.2 Å². The van der Waals surface area contributed by atoms with Crippen LogP contribution in [-0.4, -0.2) is 53.0 Å². The second kappa shape index (κ2) is 14.6. The Kier molecular flexibility index (Phi) is 12.2. The molecule has 0 spiro atoms. The third-order valence-electron chi connectivity index (χ3n) is 4.88. The van der Waals surface area contributed by atoms with Crippen LogP contribution in [0, 0.1) is 0 Å². The van der Waals surface area contributed by atoms with Gasteiger partial charge in [-0.05, 0) is 48.9 Å². The molecule has 2 aromatic carbocycles. The van der Waals surface area contributed by atoms with Crippen molar-refractivity contribution in [1.82, 2.24) is 10.3 Å². The number of rotatable bonds is 14. The summed E-state index contributed by atoms with van der Waals surface area (Å²) in [6.45, 7) is 2.80. The van der Waals surface area contributed by atoms with Crippen molar-refractivity contribution < 1.29 is 14.9 Å². The van der Waals surface area contributed by atoms with Crippen molar-refractivity contribution in [2.45, 2.75) is 25.4 Å². The first-order chi connectivity index (χ1) is 15.1. The zero-order valence-electron chi connectivity index (χ0n) is 17.9. The van der Waals surface area contributed by atoms with Crippen LogP contribution < -0.4 is 10.2 Å². The lowest BCUT2D eigenvalue weighted by Gasteiger charge is -2.13. The molecule has 0 radical (unpaired) electrons. The molecule has 0 fully saturated rings. The van der Waals surface area contributed by atoms with E-state index in [0.717, 1.165) is 61.9 Å². The number of nitrogens with one attached hydrogen (secondary N) is 2. The molecule has 4 N–H and O–H groups in total. The van der Waals surface area contributed by atoms with Gasteiger partial charge in [0, 0.05) is 18.7 Å². The highest BCUT2D eigenvalue weighted by molar-refractivity contribution is 7.99. The highest BCUT2D eigenvalue weighted by atomic mass is 35.5. The van der Waals surface area contributed by atoms with Crippen LogP contribution in [0.25, 0.3) is 10.2 Å². The Balaban J connectivity index is 0.00000363. The molecule has 0 bridgehead atoms. The summed E-state index contributed by atoms with van der Waals surface area (Å²) in [7, 11) is 0. The molecule has 32 heavy (non-hydrogen) atoms. The number of phenols is 1. The van der Waals surface area contributed by atoms with E-state index < -0.39 is 6.10 Å². The van der Waals surface area contributed by atoms with E-state index >= 15 is 0 Å². The van der Waals surface area contributed by atoms with Crippen LogP contribution in [0.1, 0.15) is 30.1 Å². The largest absolute Gasteiger partial charge is 0.506 e. The summed E-state index contributed by atoms with van der Waals surface area (Å²) < 4.78 is 6.31. The maximum absolute atomic E-state index is 11.6. The molecule has 0 aliphatic heterocycles. The molecule has 1 atom stereocenters. The van der Waals surface area contributed by atoms with Gasteiger partial charge in [0.25, 0.3) is 0 Å². The number of phenolic OH excluding ortho intramolecular Hbond substituents is 1. The number of aromatic hydroxyl groups is 1. The minimum absolute atomic E-state index is 0. The molecule has 3 aromatic rings.